The average Bonchev–Trinajstić information content (AvgIpc) is 2.23. The lowest BCUT2D eigenvalue weighted by atomic mass is 10.0. The zero-order valence-corrected chi connectivity index (χ0v) is 8.38. The van der Waals surface area contributed by atoms with E-state index in [4.69, 9.17) is 15.8 Å². The van der Waals surface area contributed by atoms with Crippen LogP contribution in [0.2, 0.25) is 0 Å². The molecule has 0 unspecified atom stereocenters. The summed E-state index contributed by atoms with van der Waals surface area (Å²) in [5.41, 5.74) is 0.287. The van der Waals surface area contributed by atoms with Gasteiger partial charge in [0.15, 0.2) is 0 Å². The van der Waals surface area contributed by atoms with Gasteiger partial charge >= 0.3 is 0 Å². The number of allylic oxidation sites excluding steroid dienone is 2. The van der Waals surface area contributed by atoms with Crippen LogP contribution in [0.3, 0.4) is 0 Å². The Balaban J connectivity index is 4.21. The standard InChI is InChI=1S/C11H13N3/c1-2-3-4-5-6-10(7-12)11(8-13)9-14/h2-6H2,1H3. The molecule has 0 aliphatic rings. The maximum absolute atomic E-state index is 8.71. The maximum atomic E-state index is 8.71. The molecule has 0 aliphatic heterocycles. The number of unbranched alkanes of at least 4 members (excludes halogenated alkanes) is 3. The lowest BCUT2D eigenvalue weighted by molar-refractivity contribution is 0.668. The number of hydrogen-bond donors (Lipinski definition) is 0. The molecule has 0 aromatic heterocycles. The molecule has 0 spiro atoms. The van der Waals surface area contributed by atoms with Crippen LogP contribution in [-0.2, 0) is 0 Å². The molecule has 72 valence electrons. The Labute approximate surface area is 84.9 Å². The van der Waals surface area contributed by atoms with Crippen molar-refractivity contribution in [2.45, 2.75) is 39.0 Å². The topological polar surface area (TPSA) is 71.4 Å². The summed E-state index contributed by atoms with van der Waals surface area (Å²) in [6.45, 7) is 2.11. The van der Waals surface area contributed by atoms with Crippen molar-refractivity contribution in [3.8, 4) is 18.2 Å². The fourth-order valence-corrected chi connectivity index (χ4v) is 1.13. The molecule has 0 aromatic rings. The van der Waals surface area contributed by atoms with E-state index in [1.54, 1.807) is 12.1 Å². The van der Waals surface area contributed by atoms with Crippen LogP contribution in [0.4, 0.5) is 0 Å². The van der Waals surface area contributed by atoms with Gasteiger partial charge in [0.05, 0.1) is 11.6 Å². The van der Waals surface area contributed by atoms with E-state index in [-0.39, 0.29) is 5.57 Å². The van der Waals surface area contributed by atoms with E-state index in [2.05, 4.69) is 6.92 Å². The molecule has 0 saturated carbocycles. The Kier molecular flexibility index (Phi) is 6.84. The highest BCUT2D eigenvalue weighted by Gasteiger charge is 2.04. The molecule has 0 rings (SSSR count). The third kappa shape index (κ3) is 4.29. The van der Waals surface area contributed by atoms with Crippen molar-refractivity contribution < 1.29 is 0 Å². The lowest BCUT2D eigenvalue weighted by Crippen LogP contribution is -1.87. The van der Waals surface area contributed by atoms with Gasteiger partial charge in [-0.15, -0.1) is 0 Å². The quantitative estimate of drug-likeness (QED) is 0.490. The summed E-state index contributed by atoms with van der Waals surface area (Å²) >= 11 is 0. The first kappa shape index (κ1) is 12.2. The van der Waals surface area contributed by atoms with E-state index < -0.39 is 0 Å². The molecular formula is C11H13N3. The Morgan fingerprint density at radius 1 is 0.929 bits per heavy atom. The van der Waals surface area contributed by atoms with Crippen LogP contribution in [0.25, 0.3) is 0 Å². The van der Waals surface area contributed by atoms with E-state index in [0.29, 0.717) is 12.0 Å². The predicted molar refractivity (Wildman–Crippen MR) is 52.6 cm³/mol. The van der Waals surface area contributed by atoms with Crippen molar-refractivity contribution in [2.75, 3.05) is 0 Å². The van der Waals surface area contributed by atoms with Gasteiger partial charge in [0.25, 0.3) is 0 Å². The van der Waals surface area contributed by atoms with Crippen molar-refractivity contribution >= 4 is 0 Å². The van der Waals surface area contributed by atoms with Gasteiger partial charge in [-0.25, -0.2) is 0 Å². The summed E-state index contributed by atoms with van der Waals surface area (Å²) in [5.74, 6) is 0. The molecule has 0 amide bonds. The molecule has 0 heterocycles. The van der Waals surface area contributed by atoms with Crippen molar-refractivity contribution in [3.63, 3.8) is 0 Å². The fourth-order valence-electron chi connectivity index (χ4n) is 1.13. The van der Waals surface area contributed by atoms with E-state index in [9.17, 15) is 0 Å². The molecule has 0 N–H and O–H groups in total. The van der Waals surface area contributed by atoms with Gasteiger partial charge in [-0.1, -0.05) is 26.2 Å². The second-order valence-electron chi connectivity index (χ2n) is 3.00. The van der Waals surface area contributed by atoms with E-state index in [1.165, 1.54) is 0 Å². The molecule has 3 nitrogen and oxygen atoms in total. The highest BCUT2D eigenvalue weighted by Crippen LogP contribution is 2.12. The second-order valence-corrected chi connectivity index (χ2v) is 3.00. The van der Waals surface area contributed by atoms with Gasteiger partial charge in [0, 0.05) is 0 Å². The smallest absolute Gasteiger partial charge is 0.143 e. The first-order valence-electron chi connectivity index (χ1n) is 4.73. The fraction of sp³-hybridized carbons (Fsp3) is 0.545. The Bertz CT molecular complexity index is 304. The van der Waals surface area contributed by atoms with Crippen molar-refractivity contribution in [3.05, 3.63) is 11.1 Å². The SMILES string of the molecule is CCCCCCC(C#N)=C(C#N)C#N. The van der Waals surface area contributed by atoms with Crippen molar-refractivity contribution in [1.29, 1.82) is 15.8 Å². The molecule has 0 bridgehead atoms. The molecule has 3 heteroatoms. The first-order valence-corrected chi connectivity index (χ1v) is 4.73. The van der Waals surface area contributed by atoms with Crippen molar-refractivity contribution in [2.24, 2.45) is 0 Å². The van der Waals surface area contributed by atoms with Crippen LogP contribution >= 0.6 is 0 Å². The van der Waals surface area contributed by atoms with E-state index in [1.807, 2.05) is 6.07 Å². The molecule has 0 aromatic carbocycles. The molecular weight excluding hydrogens is 174 g/mol. The minimum Gasteiger partial charge on any atom is -0.193 e. The molecule has 14 heavy (non-hydrogen) atoms. The third-order valence-electron chi connectivity index (χ3n) is 1.94. The van der Waals surface area contributed by atoms with Gasteiger partial charge in [-0.05, 0) is 12.8 Å². The van der Waals surface area contributed by atoms with Crippen LogP contribution in [0.1, 0.15) is 39.0 Å². The Morgan fingerprint density at radius 2 is 1.57 bits per heavy atom. The Morgan fingerprint density at radius 3 is 2.00 bits per heavy atom. The van der Waals surface area contributed by atoms with E-state index >= 15 is 0 Å². The number of hydrogen-bond acceptors (Lipinski definition) is 3. The molecule has 0 radical (unpaired) electrons. The van der Waals surface area contributed by atoms with Crippen molar-refractivity contribution in [1.82, 2.24) is 0 Å². The zero-order valence-electron chi connectivity index (χ0n) is 8.38. The summed E-state index contributed by atoms with van der Waals surface area (Å²) in [6, 6.07) is 5.39. The minimum atomic E-state index is -0.0380. The minimum absolute atomic E-state index is 0.0380. The summed E-state index contributed by atoms with van der Waals surface area (Å²) in [7, 11) is 0. The molecule has 0 saturated heterocycles. The molecule has 0 atom stereocenters. The molecule has 0 fully saturated rings. The van der Waals surface area contributed by atoms with Gasteiger partial charge in [0.1, 0.15) is 17.7 Å². The highest BCUT2D eigenvalue weighted by atomic mass is 14.3. The van der Waals surface area contributed by atoms with Gasteiger partial charge in [-0.3, -0.25) is 0 Å². The van der Waals surface area contributed by atoms with Gasteiger partial charge < -0.3 is 0 Å². The second kappa shape index (κ2) is 7.84. The summed E-state index contributed by atoms with van der Waals surface area (Å²) < 4.78 is 0. The summed E-state index contributed by atoms with van der Waals surface area (Å²) in [5, 5.41) is 25.8. The number of nitrogens with zero attached hydrogens (tertiary/aromatic N) is 3. The summed E-state index contributed by atoms with van der Waals surface area (Å²) in [6.07, 6.45) is 4.74. The highest BCUT2D eigenvalue weighted by molar-refractivity contribution is 5.45. The number of nitriles is 3. The van der Waals surface area contributed by atoms with Gasteiger partial charge in [0.2, 0.25) is 0 Å². The van der Waals surface area contributed by atoms with Crippen LogP contribution in [0.5, 0.6) is 0 Å². The predicted octanol–water partition coefficient (Wildman–Crippen LogP) is 2.82. The van der Waals surface area contributed by atoms with Crippen LogP contribution < -0.4 is 0 Å². The zero-order chi connectivity index (χ0) is 10.8. The normalized spacial score (nSPS) is 8.14. The maximum Gasteiger partial charge on any atom is 0.143 e. The van der Waals surface area contributed by atoms with Crippen LogP contribution in [-0.4, -0.2) is 0 Å². The lowest BCUT2D eigenvalue weighted by Gasteiger charge is -1.97. The van der Waals surface area contributed by atoms with Crippen LogP contribution in [0.15, 0.2) is 11.1 Å². The average molecular weight is 187 g/mol. The molecule has 0 aliphatic carbocycles. The largest absolute Gasteiger partial charge is 0.193 e. The number of rotatable bonds is 5. The monoisotopic (exact) mass is 187 g/mol. The first-order chi connectivity index (χ1) is 6.79. The Hall–Kier alpha value is -1.79. The third-order valence-corrected chi connectivity index (χ3v) is 1.94. The van der Waals surface area contributed by atoms with Gasteiger partial charge in [-0.2, -0.15) is 15.8 Å². The van der Waals surface area contributed by atoms with Crippen LogP contribution in [0, 0.1) is 34.0 Å². The van der Waals surface area contributed by atoms with E-state index in [0.717, 1.165) is 25.7 Å². The summed E-state index contributed by atoms with van der Waals surface area (Å²) in [4.78, 5) is 0.